The maximum absolute atomic E-state index is 14.1. The number of aryl methyl sites for hydroxylation is 1. The molecule has 1 aromatic heterocycles. The number of nitrogens with zero attached hydrogens (tertiary/aromatic N) is 2. The second kappa shape index (κ2) is 4.91. The van der Waals surface area contributed by atoms with E-state index in [1.165, 1.54) is 6.07 Å². The molecular weight excluding hydrogens is 269 g/mol. The number of likely N-dealkylation sites (N-methyl/N-ethyl adjacent to an activating group) is 1. The number of pyridine rings is 1. The van der Waals surface area contributed by atoms with Crippen LogP contribution in [0, 0.1) is 5.82 Å². The minimum atomic E-state index is -0.393. The Morgan fingerprint density at radius 2 is 2.00 bits per heavy atom. The zero-order valence-electron chi connectivity index (χ0n) is 12.2. The normalized spacial score (nSPS) is 13.6. The van der Waals surface area contributed by atoms with E-state index >= 15 is 0 Å². The average Bonchev–Trinajstić information content (AvgIpc) is 2.86. The van der Waals surface area contributed by atoms with Crippen molar-refractivity contribution in [3.63, 3.8) is 0 Å². The summed E-state index contributed by atoms with van der Waals surface area (Å²) in [7, 11) is 1.90. The highest BCUT2D eigenvalue weighted by molar-refractivity contribution is 5.74. The molecule has 0 atom stereocenters. The van der Waals surface area contributed by atoms with Crippen molar-refractivity contribution >= 4 is 11.5 Å². The van der Waals surface area contributed by atoms with E-state index < -0.39 is 5.82 Å². The Morgan fingerprint density at radius 3 is 2.71 bits per heavy atom. The fourth-order valence-electron chi connectivity index (χ4n) is 2.86. The van der Waals surface area contributed by atoms with Crippen LogP contribution in [-0.4, -0.2) is 18.2 Å². The lowest BCUT2D eigenvalue weighted by molar-refractivity contribution is 0.630. The van der Waals surface area contributed by atoms with Gasteiger partial charge in [-0.05, 0) is 30.2 Å². The van der Waals surface area contributed by atoms with Gasteiger partial charge in [-0.1, -0.05) is 13.0 Å². The third kappa shape index (κ3) is 2.09. The molecule has 1 aliphatic heterocycles. The van der Waals surface area contributed by atoms with Gasteiger partial charge in [0.2, 0.25) is 0 Å². The fourth-order valence-corrected chi connectivity index (χ4v) is 2.86. The molecule has 21 heavy (non-hydrogen) atoms. The number of hydrogen-bond acceptors (Lipinski definition) is 3. The zero-order chi connectivity index (χ0) is 15.1. The maximum Gasteiger partial charge on any atom is 0.260 e. The second-order valence-corrected chi connectivity index (χ2v) is 5.38. The largest absolute Gasteiger partial charge is 0.396 e. The van der Waals surface area contributed by atoms with Crippen LogP contribution in [0.15, 0.2) is 29.1 Å². The molecule has 110 valence electrons. The van der Waals surface area contributed by atoms with Gasteiger partial charge in [0.15, 0.2) is 0 Å². The Labute approximate surface area is 122 Å². The van der Waals surface area contributed by atoms with Crippen LogP contribution in [0.5, 0.6) is 0 Å². The quantitative estimate of drug-likeness (QED) is 0.921. The van der Waals surface area contributed by atoms with E-state index in [0.29, 0.717) is 23.4 Å². The molecule has 0 bridgehead atoms. The molecule has 2 N–H and O–H groups in total. The molecular formula is C16H18FN3O. The molecule has 5 heteroatoms. The monoisotopic (exact) mass is 287 g/mol. The molecule has 0 unspecified atom stereocenters. The standard InChI is InChI=1S/C16H18FN3O/c1-3-10-4-5-13(17)11(8-10)12-9-14(18)15-19(2)6-7-20(15)16(12)21/h4-5,8-9H,3,6-7,18H2,1-2H3. The summed E-state index contributed by atoms with van der Waals surface area (Å²) < 4.78 is 15.8. The summed E-state index contributed by atoms with van der Waals surface area (Å²) in [6, 6.07) is 6.47. The van der Waals surface area contributed by atoms with Gasteiger partial charge in [0.25, 0.3) is 5.56 Å². The van der Waals surface area contributed by atoms with Gasteiger partial charge in [0, 0.05) is 25.7 Å². The van der Waals surface area contributed by atoms with E-state index in [-0.39, 0.29) is 5.56 Å². The third-order valence-corrected chi connectivity index (χ3v) is 4.04. The molecule has 0 aliphatic carbocycles. The Hall–Kier alpha value is -2.30. The van der Waals surface area contributed by atoms with Gasteiger partial charge in [0.05, 0.1) is 11.3 Å². The number of hydrogen-bond donors (Lipinski definition) is 1. The fraction of sp³-hybridized carbons (Fsp3) is 0.312. The molecule has 0 radical (unpaired) electrons. The van der Waals surface area contributed by atoms with Crippen molar-refractivity contribution in [1.82, 2.24) is 4.57 Å². The van der Waals surface area contributed by atoms with Crippen molar-refractivity contribution in [1.29, 1.82) is 0 Å². The average molecular weight is 287 g/mol. The Balaban J connectivity index is 2.26. The van der Waals surface area contributed by atoms with Gasteiger partial charge in [-0.2, -0.15) is 0 Å². The number of nitrogen functional groups attached to an aromatic ring is 1. The molecule has 1 aliphatic rings. The lowest BCUT2D eigenvalue weighted by Crippen LogP contribution is -2.22. The number of benzene rings is 1. The molecule has 0 spiro atoms. The summed E-state index contributed by atoms with van der Waals surface area (Å²) in [5.41, 5.74) is 8.04. The molecule has 1 aromatic carbocycles. The number of halogens is 1. The van der Waals surface area contributed by atoms with Crippen LogP contribution in [0.4, 0.5) is 15.9 Å². The van der Waals surface area contributed by atoms with Crippen molar-refractivity contribution in [3.05, 3.63) is 46.0 Å². The van der Waals surface area contributed by atoms with E-state index in [4.69, 9.17) is 5.73 Å². The second-order valence-electron chi connectivity index (χ2n) is 5.38. The first-order valence-electron chi connectivity index (χ1n) is 7.06. The minimum Gasteiger partial charge on any atom is -0.396 e. The van der Waals surface area contributed by atoms with Crippen LogP contribution in [-0.2, 0) is 13.0 Å². The van der Waals surface area contributed by atoms with Gasteiger partial charge < -0.3 is 10.6 Å². The first-order valence-corrected chi connectivity index (χ1v) is 7.06. The smallest absolute Gasteiger partial charge is 0.260 e. The first-order chi connectivity index (χ1) is 10.0. The first kappa shape index (κ1) is 13.7. The van der Waals surface area contributed by atoms with Gasteiger partial charge >= 0.3 is 0 Å². The molecule has 4 nitrogen and oxygen atoms in total. The molecule has 2 heterocycles. The van der Waals surface area contributed by atoms with Gasteiger partial charge in [-0.15, -0.1) is 0 Å². The van der Waals surface area contributed by atoms with Crippen molar-refractivity contribution in [2.75, 3.05) is 24.2 Å². The predicted molar refractivity (Wildman–Crippen MR) is 83.2 cm³/mol. The van der Waals surface area contributed by atoms with Crippen LogP contribution in [0.1, 0.15) is 12.5 Å². The van der Waals surface area contributed by atoms with Crippen LogP contribution < -0.4 is 16.2 Å². The topological polar surface area (TPSA) is 51.3 Å². The maximum atomic E-state index is 14.1. The Bertz CT molecular complexity index is 767. The summed E-state index contributed by atoms with van der Waals surface area (Å²) in [4.78, 5) is 14.6. The van der Waals surface area contributed by atoms with Crippen LogP contribution in [0.2, 0.25) is 0 Å². The summed E-state index contributed by atoms with van der Waals surface area (Å²) >= 11 is 0. The van der Waals surface area contributed by atoms with E-state index in [2.05, 4.69) is 0 Å². The number of fused-ring (bicyclic) bond motifs is 1. The molecule has 0 amide bonds. The van der Waals surface area contributed by atoms with Crippen molar-refractivity contribution in [3.8, 4) is 11.1 Å². The van der Waals surface area contributed by atoms with E-state index in [9.17, 15) is 9.18 Å². The SMILES string of the molecule is CCc1ccc(F)c(-c2cc(N)c3n(c2=O)CCN3C)c1. The molecule has 3 rings (SSSR count). The van der Waals surface area contributed by atoms with Crippen molar-refractivity contribution in [2.24, 2.45) is 0 Å². The van der Waals surface area contributed by atoms with Crippen LogP contribution in [0.25, 0.3) is 11.1 Å². The Morgan fingerprint density at radius 1 is 1.24 bits per heavy atom. The summed E-state index contributed by atoms with van der Waals surface area (Å²) in [5, 5.41) is 0. The predicted octanol–water partition coefficient (Wildman–Crippen LogP) is 2.25. The number of anilines is 2. The summed E-state index contributed by atoms with van der Waals surface area (Å²) in [5.74, 6) is 0.325. The summed E-state index contributed by atoms with van der Waals surface area (Å²) in [6.07, 6.45) is 0.789. The highest BCUT2D eigenvalue weighted by Gasteiger charge is 2.23. The Kier molecular flexibility index (Phi) is 3.20. The third-order valence-electron chi connectivity index (χ3n) is 4.04. The number of nitrogens with two attached hydrogens (primary N) is 1. The molecule has 0 fully saturated rings. The lowest BCUT2D eigenvalue weighted by Gasteiger charge is -2.15. The van der Waals surface area contributed by atoms with Crippen molar-refractivity contribution < 1.29 is 4.39 Å². The lowest BCUT2D eigenvalue weighted by atomic mass is 10.0. The highest BCUT2D eigenvalue weighted by atomic mass is 19.1. The highest BCUT2D eigenvalue weighted by Crippen LogP contribution is 2.30. The van der Waals surface area contributed by atoms with Crippen LogP contribution >= 0.6 is 0 Å². The number of aromatic nitrogens is 1. The molecule has 2 aromatic rings. The summed E-state index contributed by atoms with van der Waals surface area (Å²) in [6.45, 7) is 3.31. The van der Waals surface area contributed by atoms with Gasteiger partial charge in [0.1, 0.15) is 11.6 Å². The minimum absolute atomic E-state index is 0.185. The molecule has 0 saturated carbocycles. The molecule has 0 saturated heterocycles. The van der Waals surface area contributed by atoms with E-state index in [1.807, 2.05) is 18.9 Å². The van der Waals surface area contributed by atoms with Gasteiger partial charge in [-0.25, -0.2) is 4.39 Å². The van der Waals surface area contributed by atoms with Crippen LogP contribution in [0.3, 0.4) is 0 Å². The zero-order valence-corrected chi connectivity index (χ0v) is 12.2. The van der Waals surface area contributed by atoms with Crippen molar-refractivity contribution in [2.45, 2.75) is 19.9 Å². The van der Waals surface area contributed by atoms with Gasteiger partial charge in [-0.3, -0.25) is 9.36 Å². The number of rotatable bonds is 2. The van der Waals surface area contributed by atoms with E-state index in [0.717, 1.165) is 24.3 Å². The van der Waals surface area contributed by atoms with E-state index in [1.54, 1.807) is 22.8 Å².